The molecular weight excluding hydrogens is 293 g/mol. The summed E-state index contributed by atoms with van der Waals surface area (Å²) in [6.07, 6.45) is -2.19. The molecule has 0 radical (unpaired) electrons. The summed E-state index contributed by atoms with van der Waals surface area (Å²) in [5, 5.41) is 0. The summed E-state index contributed by atoms with van der Waals surface area (Å²) in [6.45, 7) is 0. The number of hydrogen-bond donors (Lipinski definition) is 0. The van der Waals surface area contributed by atoms with Crippen molar-refractivity contribution in [2.75, 3.05) is 7.11 Å². The lowest BCUT2D eigenvalue weighted by molar-refractivity contribution is -0.137. The fourth-order valence-electron chi connectivity index (χ4n) is 2.00. The standard InChI is InChI=1S/C17H13F3O2/c1-22-16-9-5-3-7-13(16)15(21)11-10-12-6-2-4-8-14(12)17(18,19)20/h2-11H,1H3/b11-10+. The van der Waals surface area contributed by atoms with E-state index in [4.69, 9.17) is 4.74 Å². The van der Waals surface area contributed by atoms with Gasteiger partial charge < -0.3 is 4.74 Å². The first kappa shape index (κ1) is 15.8. The molecule has 0 aliphatic carbocycles. The smallest absolute Gasteiger partial charge is 0.416 e. The van der Waals surface area contributed by atoms with E-state index in [0.717, 1.165) is 18.2 Å². The van der Waals surface area contributed by atoms with Crippen LogP contribution in [0.3, 0.4) is 0 Å². The number of allylic oxidation sites excluding steroid dienone is 1. The lowest BCUT2D eigenvalue weighted by Crippen LogP contribution is -2.07. The summed E-state index contributed by atoms with van der Waals surface area (Å²) in [5.41, 5.74) is -0.539. The molecule has 22 heavy (non-hydrogen) atoms. The highest BCUT2D eigenvalue weighted by Gasteiger charge is 2.32. The zero-order valence-corrected chi connectivity index (χ0v) is 11.7. The van der Waals surface area contributed by atoms with Crippen molar-refractivity contribution in [1.82, 2.24) is 0 Å². The van der Waals surface area contributed by atoms with Gasteiger partial charge in [-0.25, -0.2) is 0 Å². The minimum Gasteiger partial charge on any atom is -0.496 e. The normalized spacial score (nSPS) is 11.6. The summed E-state index contributed by atoms with van der Waals surface area (Å²) < 4.78 is 43.7. The molecule has 5 heteroatoms. The average Bonchev–Trinajstić information content (AvgIpc) is 2.52. The fraction of sp³-hybridized carbons (Fsp3) is 0.118. The number of rotatable bonds is 4. The molecule has 0 heterocycles. The number of halogens is 3. The first-order chi connectivity index (χ1) is 10.4. The van der Waals surface area contributed by atoms with Gasteiger partial charge in [-0.1, -0.05) is 36.4 Å². The molecule has 2 nitrogen and oxygen atoms in total. The van der Waals surface area contributed by atoms with Crippen LogP contribution in [0.4, 0.5) is 13.2 Å². The number of benzene rings is 2. The van der Waals surface area contributed by atoms with Crippen LogP contribution >= 0.6 is 0 Å². The molecule has 0 aliphatic heterocycles. The van der Waals surface area contributed by atoms with Crippen LogP contribution in [0.25, 0.3) is 6.08 Å². The van der Waals surface area contributed by atoms with Crippen molar-refractivity contribution in [2.45, 2.75) is 6.18 Å². The summed E-state index contributed by atoms with van der Waals surface area (Å²) in [4.78, 5) is 12.1. The second-order valence-corrected chi connectivity index (χ2v) is 4.48. The van der Waals surface area contributed by atoms with Gasteiger partial charge in [0.05, 0.1) is 18.2 Å². The number of ketones is 1. The molecule has 0 atom stereocenters. The number of carbonyl (C=O) groups is 1. The van der Waals surface area contributed by atoms with E-state index >= 15 is 0 Å². The first-order valence-corrected chi connectivity index (χ1v) is 6.45. The van der Waals surface area contributed by atoms with Crippen LogP contribution < -0.4 is 4.74 Å². The predicted molar refractivity (Wildman–Crippen MR) is 77.8 cm³/mol. The molecule has 0 saturated carbocycles. The van der Waals surface area contributed by atoms with Crippen LogP contribution in [-0.2, 0) is 6.18 Å². The fourth-order valence-corrected chi connectivity index (χ4v) is 2.00. The summed E-state index contributed by atoms with van der Waals surface area (Å²) >= 11 is 0. The Morgan fingerprint density at radius 2 is 1.68 bits per heavy atom. The highest BCUT2D eigenvalue weighted by molar-refractivity contribution is 6.08. The van der Waals surface area contributed by atoms with Gasteiger partial charge in [-0.15, -0.1) is 0 Å². The molecule has 114 valence electrons. The van der Waals surface area contributed by atoms with E-state index in [9.17, 15) is 18.0 Å². The minimum absolute atomic E-state index is 0.0572. The summed E-state index contributed by atoms with van der Waals surface area (Å²) in [7, 11) is 1.43. The van der Waals surface area contributed by atoms with Crippen LogP contribution in [0.1, 0.15) is 21.5 Å². The van der Waals surface area contributed by atoms with Gasteiger partial charge in [0.15, 0.2) is 5.78 Å². The highest BCUT2D eigenvalue weighted by Crippen LogP contribution is 2.32. The number of carbonyl (C=O) groups excluding carboxylic acids is 1. The van der Waals surface area contributed by atoms with Gasteiger partial charge in [0.25, 0.3) is 0 Å². The van der Waals surface area contributed by atoms with Crippen molar-refractivity contribution in [3.05, 3.63) is 71.3 Å². The summed E-state index contributed by atoms with van der Waals surface area (Å²) in [5.74, 6) is -0.0457. The number of alkyl halides is 3. The van der Waals surface area contributed by atoms with Crippen LogP contribution in [0.2, 0.25) is 0 Å². The number of para-hydroxylation sites is 1. The van der Waals surface area contributed by atoms with Gasteiger partial charge >= 0.3 is 6.18 Å². The topological polar surface area (TPSA) is 26.3 Å². The monoisotopic (exact) mass is 306 g/mol. The van der Waals surface area contributed by atoms with Gasteiger partial charge in [-0.3, -0.25) is 4.79 Å². The maximum absolute atomic E-state index is 12.9. The Labute approximate surface area is 125 Å². The zero-order chi connectivity index (χ0) is 16.2. The Kier molecular flexibility index (Phi) is 4.65. The number of hydrogen-bond acceptors (Lipinski definition) is 2. The van der Waals surface area contributed by atoms with Gasteiger partial charge in [0, 0.05) is 0 Å². The Hall–Kier alpha value is -2.56. The van der Waals surface area contributed by atoms with Crippen molar-refractivity contribution in [1.29, 1.82) is 0 Å². The Bertz CT molecular complexity index is 703. The quantitative estimate of drug-likeness (QED) is 0.609. The van der Waals surface area contributed by atoms with E-state index in [1.165, 1.54) is 25.3 Å². The summed E-state index contributed by atoms with van der Waals surface area (Å²) in [6, 6.07) is 11.6. The molecule has 0 fully saturated rings. The minimum atomic E-state index is -4.46. The van der Waals surface area contributed by atoms with E-state index in [1.807, 2.05) is 0 Å². The molecule has 0 bridgehead atoms. The molecule has 2 aromatic rings. The van der Waals surface area contributed by atoms with Crippen molar-refractivity contribution >= 4 is 11.9 Å². The third-order valence-corrected chi connectivity index (χ3v) is 3.05. The molecule has 2 rings (SSSR count). The third kappa shape index (κ3) is 3.55. The molecule has 2 aromatic carbocycles. The van der Waals surface area contributed by atoms with E-state index in [0.29, 0.717) is 11.3 Å². The molecular formula is C17H13F3O2. The lowest BCUT2D eigenvalue weighted by Gasteiger charge is -2.09. The molecule has 0 unspecified atom stereocenters. The molecule has 0 aliphatic rings. The molecule has 0 aromatic heterocycles. The Balaban J connectivity index is 2.32. The highest BCUT2D eigenvalue weighted by atomic mass is 19.4. The number of methoxy groups -OCH3 is 1. The lowest BCUT2D eigenvalue weighted by atomic mass is 10.0. The van der Waals surface area contributed by atoms with Crippen molar-refractivity contribution in [2.24, 2.45) is 0 Å². The van der Waals surface area contributed by atoms with E-state index in [2.05, 4.69) is 0 Å². The van der Waals surface area contributed by atoms with Crippen molar-refractivity contribution in [3.63, 3.8) is 0 Å². The van der Waals surface area contributed by atoms with Crippen LogP contribution in [0.5, 0.6) is 5.75 Å². The van der Waals surface area contributed by atoms with E-state index in [-0.39, 0.29) is 5.56 Å². The second kappa shape index (κ2) is 6.47. The molecule has 0 N–H and O–H groups in total. The van der Waals surface area contributed by atoms with Gasteiger partial charge in [-0.05, 0) is 29.8 Å². The molecule has 0 amide bonds. The second-order valence-electron chi connectivity index (χ2n) is 4.48. The molecule has 0 saturated heterocycles. The first-order valence-electron chi connectivity index (χ1n) is 6.45. The maximum atomic E-state index is 12.9. The van der Waals surface area contributed by atoms with Gasteiger partial charge in [0.1, 0.15) is 5.75 Å². The van der Waals surface area contributed by atoms with E-state index in [1.54, 1.807) is 24.3 Å². The SMILES string of the molecule is COc1ccccc1C(=O)/C=C/c1ccccc1C(F)(F)F. The van der Waals surface area contributed by atoms with Crippen molar-refractivity contribution in [3.8, 4) is 5.75 Å². The Morgan fingerprint density at radius 3 is 2.36 bits per heavy atom. The number of ether oxygens (including phenoxy) is 1. The van der Waals surface area contributed by atoms with Crippen LogP contribution in [0.15, 0.2) is 54.6 Å². The van der Waals surface area contributed by atoms with Crippen LogP contribution in [-0.4, -0.2) is 12.9 Å². The predicted octanol–water partition coefficient (Wildman–Crippen LogP) is 4.61. The largest absolute Gasteiger partial charge is 0.496 e. The zero-order valence-electron chi connectivity index (χ0n) is 11.7. The average molecular weight is 306 g/mol. The molecule has 0 spiro atoms. The Morgan fingerprint density at radius 1 is 1.05 bits per heavy atom. The van der Waals surface area contributed by atoms with Crippen molar-refractivity contribution < 1.29 is 22.7 Å². The van der Waals surface area contributed by atoms with Gasteiger partial charge in [-0.2, -0.15) is 13.2 Å². The third-order valence-electron chi connectivity index (χ3n) is 3.05. The van der Waals surface area contributed by atoms with Gasteiger partial charge in [0.2, 0.25) is 0 Å². The van der Waals surface area contributed by atoms with E-state index < -0.39 is 17.5 Å². The maximum Gasteiger partial charge on any atom is 0.416 e. The van der Waals surface area contributed by atoms with Crippen LogP contribution in [0, 0.1) is 0 Å².